The SMILES string of the molecule is Cc1cc(C(F)(F)F)nc(N)c1N. The van der Waals surface area contributed by atoms with Gasteiger partial charge in [0.2, 0.25) is 0 Å². The van der Waals surface area contributed by atoms with Crippen molar-refractivity contribution in [2.45, 2.75) is 13.1 Å². The summed E-state index contributed by atoms with van der Waals surface area (Å²) in [6.07, 6.45) is -4.48. The summed E-state index contributed by atoms with van der Waals surface area (Å²) in [4.78, 5) is 3.13. The quantitative estimate of drug-likeness (QED) is 0.654. The fourth-order valence-electron chi connectivity index (χ4n) is 0.852. The van der Waals surface area contributed by atoms with E-state index in [-0.39, 0.29) is 17.1 Å². The molecule has 0 bridgehead atoms. The first kappa shape index (κ1) is 9.63. The molecule has 6 heteroatoms. The zero-order valence-corrected chi connectivity index (χ0v) is 6.81. The van der Waals surface area contributed by atoms with Crippen molar-refractivity contribution in [2.24, 2.45) is 0 Å². The van der Waals surface area contributed by atoms with Crippen LogP contribution in [0.25, 0.3) is 0 Å². The van der Waals surface area contributed by atoms with Crippen LogP contribution in [0.3, 0.4) is 0 Å². The number of pyridine rings is 1. The van der Waals surface area contributed by atoms with Gasteiger partial charge in [0.25, 0.3) is 0 Å². The Hall–Kier alpha value is -1.46. The van der Waals surface area contributed by atoms with Crippen LogP contribution in [0.1, 0.15) is 11.3 Å². The van der Waals surface area contributed by atoms with Gasteiger partial charge in [-0.1, -0.05) is 0 Å². The number of nitrogens with two attached hydrogens (primary N) is 2. The van der Waals surface area contributed by atoms with Crippen molar-refractivity contribution in [3.05, 3.63) is 17.3 Å². The highest BCUT2D eigenvalue weighted by Gasteiger charge is 2.33. The van der Waals surface area contributed by atoms with Crippen molar-refractivity contribution in [1.29, 1.82) is 0 Å². The van der Waals surface area contributed by atoms with E-state index in [1.165, 1.54) is 6.92 Å². The van der Waals surface area contributed by atoms with Crippen molar-refractivity contribution in [3.8, 4) is 0 Å². The van der Waals surface area contributed by atoms with Crippen molar-refractivity contribution >= 4 is 11.5 Å². The normalized spacial score (nSPS) is 11.7. The molecule has 0 aromatic carbocycles. The smallest absolute Gasteiger partial charge is 0.396 e. The standard InChI is InChI=1S/C7H8F3N3/c1-3-2-4(7(8,9)10)13-6(12)5(3)11/h2H,11H2,1H3,(H2,12,13). The summed E-state index contributed by atoms with van der Waals surface area (Å²) in [5.74, 6) is -0.285. The van der Waals surface area contributed by atoms with E-state index in [9.17, 15) is 13.2 Å². The van der Waals surface area contributed by atoms with Gasteiger partial charge in [-0.05, 0) is 18.6 Å². The van der Waals surface area contributed by atoms with E-state index in [1.54, 1.807) is 0 Å². The molecule has 0 aliphatic rings. The largest absolute Gasteiger partial charge is 0.433 e. The molecular weight excluding hydrogens is 183 g/mol. The van der Waals surface area contributed by atoms with Crippen molar-refractivity contribution in [1.82, 2.24) is 4.98 Å². The molecule has 1 heterocycles. The minimum Gasteiger partial charge on any atom is -0.396 e. The number of nitrogen functional groups attached to an aromatic ring is 2. The minimum atomic E-state index is -4.48. The second kappa shape index (κ2) is 2.79. The summed E-state index contributed by atoms with van der Waals surface area (Å²) < 4.78 is 36.4. The maximum absolute atomic E-state index is 12.1. The van der Waals surface area contributed by atoms with Crippen LogP contribution in [0.15, 0.2) is 6.07 Å². The molecule has 0 saturated carbocycles. The number of nitrogens with zero attached hydrogens (tertiary/aromatic N) is 1. The van der Waals surface area contributed by atoms with Crippen LogP contribution in [-0.4, -0.2) is 4.98 Å². The van der Waals surface area contributed by atoms with E-state index in [1.807, 2.05) is 0 Å². The Kier molecular flexibility index (Phi) is 2.07. The first-order valence-corrected chi connectivity index (χ1v) is 3.42. The van der Waals surface area contributed by atoms with Crippen molar-refractivity contribution in [3.63, 3.8) is 0 Å². The number of hydrogen-bond donors (Lipinski definition) is 2. The lowest BCUT2D eigenvalue weighted by atomic mass is 10.2. The molecular formula is C7H8F3N3. The van der Waals surface area contributed by atoms with Crippen LogP contribution in [0, 0.1) is 6.92 Å². The number of alkyl halides is 3. The molecule has 13 heavy (non-hydrogen) atoms. The average Bonchev–Trinajstić information content (AvgIpc) is 1.97. The van der Waals surface area contributed by atoms with Crippen LogP contribution in [-0.2, 0) is 6.18 Å². The van der Waals surface area contributed by atoms with Gasteiger partial charge in [-0.15, -0.1) is 0 Å². The Bertz CT molecular complexity index is 309. The third kappa shape index (κ3) is 1.82. The molecule has 1 aromatic heterocycles. The molecule has 1 rings (SSSR count). The summed E-state index contributed by atoms with van der Waals surface area (Å²) in [7, 11) is 0. The highest BCUT2D eigenvalue weighted by Crippen LogP contribution is 2.30. The van der Waals surface area contributed by atoms with Gasteiger partial charge in [-0.25, -0.2) is 4.98 Å². The Morgan fingerprint density at radius 3 is 2.23 bits per heavy atom. The lowest BCUT2D eigenvalue weighted by Gasteiger charge is -2.09. The van der Waals surface area contributed by atoms with Gasteiger partial charge in [-0.2, -0.15) is 13.2 Å². The van der Waals surface area contributed by atoms with Crippen LogP contribution < -0.4 is 11.5 Å². The highest BCUT2D eigenvalue weighted by molar-refractivity contribution is 5.63. The molecule has 4 N–H and O–H groups in total. The van der Waals surface area contributed by atoms with Crippen LogP contribution in [0.2, 0.25) is 0 Å². The predicted octanol–water partition coefficient (Wildman–Crippen LogP) is 1.57. The van der Waals surface area contributed by atoms with Crippen molar-refractivity contribution in [2.75, 3.05) is 11.5 Å². The predicted molar refractivity (Wildman–Crippen MR) is 42.8 cm³/mol. The molecule has 0 unspecified atom stereocenters. The number of aromatic nitrogens is 1. The van der Waals surface area contributed by atoms with Gasteiger partial charge in [0.1, 0.15) is 11.5 Å². The van der Waals surface area contributed by atoms with Crippen LogP contribution in [0.5, 0.6) is 0 Å². The Morgan fingerprint density at radius 1 is 1.31 bits per heavy atom. The number of anilines is 2. The Morgan fingerprint density at radius 2 is 1.85 bits per heavy atom. The summed E-state index contributed by atoms with van der Waals surface area (Å²) in [5.41, 5.74) is 9.87. The summed E-state index contributed by atoms with van der Waals surface area (Å²) in [6, 6.07) is 0.867. The van der Waals surface area contributed by atoms with E-state index in [4.69, 9.17) is 11.5 Å². The van der Waals surface area contributed by atoms with E-state index < -0.39 is 11.9 Å². The third-order valence-corrected chi connectivity index (χ3v) is 1.59. The number of hydrogen-bond acceptors (Lipinski definition) is 3. The van der Waals surface area contributed by atoms with Crippen LogP contribution in [0.4, 0.5) is 24.7 Å². The lowest BCUT2D eigenvalue weighted by molar-refractivity contribution is -0.141. The molecule has 0 aliphatic carbocycles. The highest BCUT2D eigenvalue weighted by atomic mass is 19.4. The topological polar surface area (TPSA) is 64.9 Å². The monoisotopic (exact) mass is 191 g/mol. The van der Waals surface area contributed by atoms with E-state index in [2.05, 4.69) is 4.98 Å². The van der Waals surface area contributed by atoms with Gasteiger partial charge in [0.05, 0.1) is 5.69 Å². The summed E-state index contributed by atoms with van der Waals surface area (Å²) in [5, 5.41) is 0. The molecule has 0 fully saturated rings. The van der Waals surface area contributed by atoms with Gasteiger partial charge in [0, 0.05) is 0 Å². The zero-order valence-electron chi connectivity index (χ0n) is 6.81. The fourth-order valence-corrected chi connectivity index (χ4v) is 0.852. The fraction of sp³-hybridized carbons (Fsp3) is 0.286. The third-order valence-electron chi connectivity index (χ3n) is 1.59. The molecule has 0 saturated heterocycles. The molecule has 0 radical (unpaired) electrons. The molecule has 0 atom stereocenters. The first-order valence-electron chi connectivity index (χ1n) is 3.42. The van der Waals surface area contributed by atoms with E-state index >= 15 is 0 Å². The maximum atomic E-state index is 12.1. The van der Waals surface area contributed by atoms with Gasteiger partial charge < -0.3 is 11.5 Å². The number of halogens is 3. The van der Waals surface area contributed by atoms with Crippen molar-refractivity contribution < 1.29 is 13.2 Å². The zero-order chi connectivity index (χ0) is 10.2. The van der Waals surface area contributed by atoms with E-state index in [0.29, 0.717) is 0 Å². The first-order chi connectivity index (χ1) is 5.82. The Balaban J connectivity index is 3.29. The summed E-state index contributed by atoms with van der Waals surface area (Å²) in [6.45, 7) is 1.45. The molecule has 1 aromatic rings. The lowest BCUT2D eigenvalue weighted by Crippen LogP contribution is -2.11. The summed E-state index contributed by atoms with van der Waals surface area (Å²) >= 11 is 0. The number of rotatable bonds is 0. The Labute approximate surface area is 72.6 Å². The van der Waals surface area contributed by atoms with Gasteiger partial charge in [-0.3, -0.25) is 0 Å². The molecule has 0 aliphatic heterocycles. The molecule has 72 valence electrons. The minimum absolute atomic E-state index is 0.0907. The second-order valence-electron chi connectivity index (χ2n) is 2.62. The van der Waals surface area contributed by atoms with Crippen LogP contribution >= 0.6 is 0 Å². The molecule has 0 amide bonds. The average molecular weight is 191 g/mol. The molecule has 0 spiro atoms. The van der Waals surface area contributed by atoms with E-state index in [0.717, 1.165) is 6.07 Å². The maximum Gasteiger partial charge on any atom is 0.433 e. The number of aryl methyl sites for hydroxylation is 1. The second-order valence-corrected chi connectivity index (χ2v) is 2.62. The molecule has 3 nitrogen and oxygen atoms in total. The van der Waals surface area contributed by atoms with Gasteiger partial charge >= 0.3 is 6.18 Å². The van der Waals surface area contributed by atoms with Gasteiger partial charge in [0.15, 0.2) is 0 Å².